The molecule has 0 N–H and O–H groups in total. The number of thioether (sulfide) groups is 1. The molecule has 0 amide bonds. The van der Waals surface area contributed by atoms with Crippen LogP contribution in [0.15, 0.2) is 28.1 Å². The Morgan fingerprint density at radius 1 is 1.44 bits per heavy atom. The minimum absolute atomic E-state index is 0.131. The number of aliphatic imine (C=N–C) groups is 1. The van der Waals surface area contributed by atoms with Crippen molar-refractivity contribution in [3.63, 3.8) is 0 Å². The van der Waals surface area contributed by atoms with Gasteiger partial charge in [0.25, 0.3) is 0 Å². The quantitative estimate of drug-likeness (QED) is 0.593. The predicted molar refractivity (Wildman–Crippen MR) is 58.7 cm³/mol. The molecule has 0 unspecified atom stereocenters. The molecule has 0 radical (unpaired) electrons. The van der Waals surface area contributed by atoms with Crippen LogP contribution in [0.2, 0.25) is 0 Å². The van der Waals surface area contributed by atoms with Gasteiger partial charge >= 0.3 is 6.36 Å². The van der Waals surface area contributed by atoms with Gasteiger partial charge in [-0.25, -0.2) is 0 Å². The zero-order valence-electron chi connectivity index (χ0n) is 8.54. The first-order valence-corrected chi connectivity index (χ1v) is 5.44. The lowest BCUT2D eigenvalue weighted by atomic mass is 10.3. The van der Waals surface area contributed by atoms with E-state index in [1.165, 1.54) is 23.9 Å². The molecule has 1 aromatic carbocycles. The Labute approximate surface area is 95.5 Å². The fraction of sp³-hybridized carbons (Fsp3) is 0.300. The van der Waals surface area contributed by atoms with Crippen molar-refractivity contribution in [2.24, 2.45) is 4.99 Å². The van der Waals surface area contributed by atoms with Crippen molar-refractivity contribution in [1.82, 2.24) is 0 Å². The minimum Gasteiger partial charge on any atom is -0.403 e. The topological polar surface area (TPSA) is 21.6 Å². The Balaban J connectivity index is 3.08. The Kier molecular flexibility index (Phi) is 4.23. The lowest BCUT2D eigenvalue weighted by Crippen LogP contribution is -2.17. The van der Waals surface area contributed by atoms with Gasteiger partial charge in [0.1, 0.15) is 5.69 Å². The van der Waals surface area contributed by atoms with Crippen molar-refractivity contribution in [2.75, 3.05) is 5.75 Å². The first-order valence-electron chi connectivity index (χ1n) is 4.46. The third-order valence-corrected chi connectivity index (χ3v) is 2.57. The van der Waals surface area contributed by atoms with E-state index in [0.717, 1.165) is 5.75 Å². The van der Waals surface area contributed by atoms with E-state index >= 15 is 0 Å². The average molecular weight is 249 g/mol. The summed E-state index contributed by atoms with van der Waals surface area (Å²) in [5, 5.41) is 0. The normalized spacial score (nSPS) is 11.2. The number of hydrogen-bond acceptors (Lipinski definition) is 3. The molecule has 0 bridgehead atoms. The van der Waals surface area contributed by atoms with Gasteiger partial charge in [0.2, 0.25) is 0 Å². The highest BCUT2D eigenvalue weighted by Gasteiger charge is 2.32. The van der Waals surface area contributed by atoms with Crippen molar-refractivity contribution in [3.05, 3.63) is 18.2 Å². The number of ether oxygens (including phenoxy) is 1. The predicted octanol–water partition coefficient (Wildman–Crippen LogP) is 4.03. The van der Waals surface area contributed by atoms with E-state index in [1.54, 1.807) is 6.07 Å². The number of hydrogen-bond donors (Lipinski definition) is 0. The van der Waals surface area contributed by atoms with Crippen molar-refractivity contribution in [1.29, 1.82) is 0 Å². The number of benzene rings is 1. The number of rotatable bonds is 4. The second kappa shape index (κ2) is 5.25. The largest absolute Gasteiger partial charge is 0.573 e. The zero-order valence-corrected chi connectivity index (χ0v) is 9.36. The summed E-state index contributed by atoms with van der Waals surface area (Å²) >= 11 is 1.39. The Morgan fingerprint density at radius 3 is 2.62 bits per heavy atom. The SMILES string of the molecule is C=Nc1c(OC(F)(F)F)cccc1SCC. The molecule has 2 nitrogen and oxygen atoms in total. The molecule has 0 heterocycles. The lowest BCUT2D eigenvalue weighted by molar-refractivity contribution is -0.274. The fourth-order valence-electron chi connectivity index (χ4n) is 1.14. The summed E-state index contributed by atoms with van der Waals surface area (Å²) in [6.45, 7) is 5.15. The van der Waals surface area contributed by atoms with Gasteiger partial charge in [-0.3, -0.25) is 4.99 Å². The molecule has 0 saturated carbocycles. The third kappa shape index (κ3) is 3.44. The van der Waals surface area contributed by atoms with Crippen LogP contribution in [-0.2, 0) is 0 Å². The van der Waals surface area contributed by atoms with Crippen LogP contribution < -0.4 is 4.74 Å². The highest BCUT2D eigenvalue weighted by molar-refractivity contribution is 7.99. The minimum atomic E-state index is -4.71. The maximum atomic E-state index is 12.1. The molecule has 0 aliphatic heterocycles. The molecule has 0 spiro atoms. The summed E-state index contributed by atoms with van der Waals surface area (Å²) in [5.41, 5.74) is 0.131. The van der Waals surface area contributed by atoms with E-state index in [1.807, 2.05) is 6.92 Å². The standard InChI is InChI=1S/C10H10F3NOS/c1-3-16-8-6-4-5-7(9(8)14-2)15-10(11,12)13/h4-6H,2-3H2,1H3. The molecule has 0 saturated heterocycles. The van der Waals surface area contributed by atoms with Crippen molar-refractivity contribution >= 4 is 24.2 Å². The van der Waals surface area contributed by atoms with Crippen molar-refractivity contribution < 1.29 is 17.9 Å². The van der Waals surface area contributed by atoms with Crippen LogP contribution in [0.1, 0.15) is 6.92 Å². The van der Waals surface area contributed by atoms with Gasteiger partial charge in [-0.05, 0) is 24.6 Å². The van der Waals surface area contributed by atoms with Crippen LogP contribution in [0.25, 0.3) is 0 Å². The zero-order chi connectivity index (χ0) is 12.2. The summed E-state index contributed by atoms with van der Waals surface area (Å²) in [7, 11) is 0. The Bertz CT molecular complexity index is 379. The Hall–Kier alpha value is -1.17. The van der Waals surface area contributed by atoms with Crippen LogP contribution in [0.4, 0.5) is 18.9 Å². The third-order valence-electron chi connectivity index (χ3n) is 1.65. The van der Waals surface area contributed by atoms with Crippen molar-refractivity contribution in [2.45, 2.75) is 18.2 Å². The molecular formula is C10H10F3NOS. The summed E-state index contributed by atoms with van der Waals surface area (Å²) in [5.74, 6) is 0.416. The van der Waals surface area contributed by atoms with Gasteiger partial charge in [0.15, 0.2) is 5.75 Å². The molecule has 0 atom stereocenters. The molecule has 6 heteroatoms. The van der Waals surface area contributed by atoms with E-state index in [4.69, 9.17) is 0 Å². The first kappa shape index (κ1) is 12.9. The number of para-hydroxylation sites is 1. The van der Waals surface area contributed by atoms with Gasteiger partial charge < -0.3 is 4.74 Å². The van der Waals surface area contributed by atoms with E-state index in [0.29, 0.717) is 4.90 Å². The number of alkyl halides is 3. The van der Waals surface area contributed by atoms with Gasteiger partial charge in [0.05, 0.1) is 0 Å². The maximum absolute atomic E-state index is 12.1. The van der Waals surface area contributed by atoms with Crippen LogP contribution in [0, 0.1) is 0 Å². The van der Waals surface area contributed by atoms with E-state index in [2.05, 4.69) is 16.4 Å². The summed E-state index contributed by atoms with van der Waals surface area (Å²) in [4.78, 5) is 4.20. The van der Waals surface area contributed by atoms with Gasteiger partial charge in [-0.1, -0.05) is 13.0 Å². The highest BCUT2D eigenvalue weighted by atomic mass is 32.2. The van der Waals surface area contributed by atoms with E-state index in [-0.39, 0.29) is 11.4 Å². The summed E-state index contributed by atoms with van der Waals surface area (Å²) < 4.78 is 40.1. The first-order chi connectivity index (χ1) is 7.48. The molecule has 0 aliphatic carbocycles. The van der Waals surface area contributed by atoms with Crippen LogP contribution >= 0.6 is 11.8 Å². The summed E-state index contributed by atoms with van der Waals surface area (Å²) in [6, 6.07) is 4.40. The van der Waals surface area contributed by atoms with E-state index < -0.39 is 6.36 Å². The monoisotopic (exact) mass is 249 g/mol. The molecule has 88 valence electrons. The number of nitrogens with zero attached hydrogens (tertiary/aromatic N) is 1. The molecule has 0 fully saturated rings. The molecule has 0 aromatic heterocycles. The van der Waals surface area contributed by atoms with Gasteiger partial charge in [0, 0.05) is 4.90 Å². The molecule has 1 rings (SSSR count). The fourth-order valence-corrected chi connectivity index (χ4v) is 1.92. The van der Waals surface area contributed by atoms with Crippen LogP contribution in [0.5, 0.6) is 5.75 Å². The lowest BCUT2D eigenvalue weighted by Gasteiger charge is -2.12. The summed E-state index contributed by atoms with van der Waals surface area (Å²) in [6.07, 6.45) is -4.71. The van der Waals surface area contributed by atoms with Gasteiger partial charge in [-0.15, -0.1) is 24.9 Å². The smallest absolute Gasteiger partial charge is 0.403 e. The molecule has 0 aliphatic rings. The molecular weight excluding hydrogens is 239 g/mol. The number of halogens is 3. The average Bonchev–Trinajstić information content (AvgIpc) is 2.16. The maximum Gasteiger partial charge on any atom is 0.573 e. The van der Waals surface area contributed by atoms with E-state index in [9.17, 15) is 13.2 Å². The van der Waals surface area contributed by atoms with Gasteiger partial charge in [-0.2, -0.15) is 0 Å². The van der Waals surface area contributed by atoms with Crippen molar-refractivity contribution in [3.8, 4) is 5.75 Å². The second-order valence-corrected chi connectivity index (χ2v) is 4.05. The molecule has 16 heavy (non-hydrogen) atoms. The second-order valence-electron chi connectivity index (χ2n) is 2.74. The highest BCUT2D eigenvalue weighted by Crippen LogP contribution is 2.39. The molecule has 1 aromatic rings. The van der Waals surface area contributed by atoms with Crippen LogP contribution in [-0.4, -0.2) is 18.8 Å². The van der Waals surface area contributed by atoms with Crippen LogP contribution in [0.3, 0.4) is 0 Å². The Morgan fingerprint density at radius 2 is 2.12 bits per heavy atom.